The van der Waals surface area contributed by atoms with E-state index in [-0.39, 0.29) is 22.3 Å². The summed E-state index contributed by atoms with van der Waals surface area (Å²) in [5, 5.41) is 7.28. The van der Waals surface area contributed by atoms with Gasteiger partial charge < -0.3 is 10.1 Å². The number of ether oxygens (including phenoxy) is 1. The minimum absolute atomic E-state index is 0.195. The van der Waals surface area contributed by atoms with Crippen molar-refractivity contribution in [3.05, 3.63) is 99.3 Å². The lowest BCUT2D eigenvalue weighted by Gasteiger charge is -2.20. The van der Waals surface area contributed by atoms with E-state index in [1.54, 1.807) is 42.5 Å². The van der Waals surface area contributed by atoms with Gasteiger partial charge in [0.2, 0.25) is 0 Å². The Balaban J connectivity index is 1.54. The van der Waals surface area contributed by atoms with E-state index in [1.807, 2.05) is 13.8 Å². The van der Waals surface area contributed by atoms with Gasteiger partial charge in [0.1, 0.15) is 24.2 Å². The van der Waals surface area contributed by atoms with Crippen LogP contribution in [0, 0.1) is 11.7 Å². The first-order valence-corrected chi connectivity index (χ1v) is 11.5. The molecule has 35 heavy (non-hydrogen) atoms. The second kappa shape index (κ2) is 12.3. The maximum atomic E-state index is 13.0. The lowest BCUT2D eigenvalue weighted by atomic mass is 10.0. The van der Waals surface area contributed by atoms with Crippen LogP contribution in [0.5, 0.6) is 5.75 Å². The predicted molar refractivity (Wildman–Crippen MR) is 135 cm³/mol. The van der Waals surface area contributed by atoms with Crippen LogP contribution in [0.15, 0.2) is 71.8 Å². The van der Waals surface area contributed by atoms with Crippen LogP contribution in [0.2, 0.25) is 10.0 Å². The molecule has 182 valence electrons. The van der Waals surface area contributed by atoms with E-state index in [0.29, 0.717) is 17.4 Å². The molecule has 9 heteroatoms. The first-order chi connectivity index (χ1) is 16.7. The highest BCUT2D eigenvalue weighted by Crippen LogP contribution is 2.21. The third-order valence-electron chi connectivity index (χ3n) is 5.00. The number of benzene rings is 3. The maximum absolute atomic E-state index is 13.0. The Labute approximate surface area is 213 Å². The lowest BCUT2D eigenvalue weighted by Crippen LogP contribution is -2.48. The van der Waals surface area contributed by atoms with Gasteiger partial charge in [-0.15, -0.1) is 0 Å². The molecule has 1 unspecified atom stereocenters. The molecule has 3 aromatic rings. The highest BCUT2D eigenvalue weighted by molar-refractivity contribution is 6.36. The van der Waals surface area contributed by atoms with Gasteiger partial charge >= 0.3 is 0 Å². The van der Waals surface area contributed by atoms with Crippen LogP contribution >= 0.6 is 23.2 Å². The summed E-state index contributed by atoms with van der Waals surface area (Å²) in [7, 11) is 0. The van der Waals surface area contributed by atoms with Gasteiger partial charge in [0, 0.05) is 5.02 Å². The summed E-state index contributed by atoms with van der Waals surface area (Å²) in [6.45, 7) is 3.93. The highest BCUT2D eigenvalue weighted by atomic mass is 35.5. The van der Waals surface area contributed by atoms with E-state index in [1.165, 1.54) is 30.5 Å². The first kappa shape index (κ1) is 26.2. The number of hydrogen-bond acceptors (Lipinski definition) is 4. The van der Waals surface area contributed by atoms with Gasteiger partial charge in [-0.1, -0.05) is 49.2 Å². The Kier molecular flexibility index (Phi) is 9.23. The molecule has 0 spiro atoms. The molecule has 3 aromatic carbocycles. The average molecular weight is 516 g/mol. The molecular formula is C26H24Cl2FN3O3. The fourth-order valence-electron chi connectivity index (χ4n) is 3.06. The number of amides is 2. The summed E-state index contributed by atoms with van der Waals surface area (Å²) < 4.78 is 18.7. The van der Waals surface area contributed by atoms with E-state index in [0.717, 1.165) is 11.1 Å². The largest absolute Gasteiger partial charge is 0.489 e. The van der Waals surface area contributed by atoms with Crippen LogP contribution in [-0.4, -0.2) is 24.1 Å². The van der Waals surface area contributed by atoms with Crippen LogP contribution in [-0.2, 0) is 11.4 Å². The van der Waals surface area contributed by atoms with Gasteiger partial charge in [0.25, 0.3) is 11.8 Å². The maximum Gasteiger partial charge on any atom is 0.262 e. The van der Waals surface area contributed by atoms with Crippen molar-refractivity contribution in [1.29, 1.82) is 0 Å². The molecule has 0 bridgehead atoms. The molecule has 0 saturated heterocycles. The Morgan fingerprint density at radius 2 is 1.71 bits per heavy atom. The molecule has 3 rings (SSSR count). The Hall–Kier alpha value is -3.42. The fourth-order valence-corrected chi connectivity index (χ4v) is 3.56. The highest BCUT2D eigenvalue weighted by Gasteiger charge is 2.25. The van der Waals surface area contributed by atoms with Crippen molar-refractivity contribution in [2.24, 2.45) is 11.0 Å². The van der Waals surface area contributed by atoms with E-state index in [9.17, 15) is 14.0 Å². The third-order valence-corrected chi connectivity index (χ3v) is 5.55. The van der Waals surface area contributed by atoms with Crippen molar-refractivity contribution >= 4 is 41.2 Å². The van der Waals surface area contributed by atoms with Gasteiger partial charge in [-0.3, -0.25) is 9.59 Å². The number of nitrogens with one attached hydrogen (secondary N) is 2. The molecule has 0 aliphatic rings. The summed E-state index contributed by atoms with van der Waals surface area (Å²) >= 11 is 12.0. The number of carbonyl (C=O) groups is 2. The van der Waals surface area contributed by atoms with Gasteiger partial charge in [0.15, 0.2) is 0 Å². The average Bonchev–Trinajstić information content (AvgIpc) is 2.82. The normalized spacial score (nSPS) is 11.9. The number of carbonyl (C=O) groups excluding carboxylic acids is 2. The molecule has 0 heterocycles. The minimum atomic E-state index is -0.825. The molecule has 0 aliphatic carbocycles. The van der Waals surface area contributed by atoms with Gasteiger partial charge in [-0.25, -0.2) is 9.82 Å². The quantitative estimate of drug-likeness (QED) is 0.286. The second-order valence-electron chi connectivity index (χ2n) is 8.04. The lowest BCUT2D eigenvalue weighted by molar-refractivity contribution is -0.123. The zero-order valence-electron chi connectivity index (χ0n) is 19.1. The van der Waals surface area contributed by atoms with Crippen molar-refractivity contribution in [2.75, 3.05) is 0 Å². The van der Waals surface area contributed by atoms with Crippen molar-refractivity contribution in [3.8, 4) is 5.75 Å². The van der Waals surface area contributed by atoms with Crippen LogP contribution in [0.3, 0.4) is 0 Å². The summed E-state index contributed by atoms with van der Waals surface area (Å²) in [6, 6.07) is 16.9. The molecule has 1 atom stereocenters. The van der Waals surface area contributed by atoms with Crippen LogP contribution in [0.4, 0.5) is 4.39 Å². The summed E-state index contributed by atoms with van der Waals surface area (Å²) in [4.78, 5) is 25.2. The monoisotopic (exact) mass is 515 g/mol. The van der Waals surface area contributed by atoms with Gasteiger partial charge in [-0.2, -0.15) is 5.10 Å². The number of hydrogen-bond donors (Lipinski definition) is 2. The summed E-state index contributed by atoms with van der Waals surface area (Å²) in [5.74, 6) is -0.802. The molecule has 0 fully saturated rings. The molecule has 6 nitrogen and oxygen atoms in total. The molecule has 0 saturated carbocycles. The minimum Gasteiger partial charge on any atom is -0.489 e. The van der Waals surface area contributed by atoms with Crippen molar-refractivity contribution in [1.82, 2.24) is 10.7 Å². The van der Waals surface area contributed by atoms with E-state index in [4.69, 9.17) is 27.9 Å². The number of halogens is 3. The molecule has 0 radical (unpaired) electrons. The summed E-state index contributed by atoms with van der Waals surface area (Å²) in [5.41, 5.74) is 4.27. The van der Waals surface area contributed by atoms with Crippen molar-refractivity contribution < 1.29 is 18.7 Å². The predicted octanol–water partition coefficient (Wildman–Crippen LogP) is 5.62. The molecule has 0 aliphatic heterocycles. The fraction of sp³-hybridized carbons (Fsp3) is 0.192. The van der Waals surface area contributed by atoms with E-state index < -0.39 is 17.9 Å². The third kappa shape index (κ3) is 7.80. The smallest absolute Gasteiger partial charge is 0.262 e. The molecule has 2 amide bonds. The Morgan fingerprint density at radius 1 is 1.03 bits per heavy atom. The van der Waals surface area contributed by atoms with Crippen LogP contribution < -0.4 is 15.5 Å². The van der Waals surface area contributed by atoms with Crippen molar-refractivity contribution in [3.63, 3.8) is 0 Å². The van der Waals surface area contributed by atoms with Crippen molar-refractivity contribution in [2.45, 2.75) is 26.5 Å². The van der Waals surface area contributed by atoms with Crippen LogP contribution in [0.25, 0.3) is 0 Å². The summed E-state index contributed by atoms with van der Waals surface area (Å²) in [6.07, 6.45) is 1.48. The van der Waals surface area contributed by atoms with Gasteiger partial charge in [-0.05, 0) is 71.6 Å². The number of rotatable bonds is 9. The molecule has 2 N–H and O–H groups in total. The Morgan fingerprint density at radius 3 is 2.34 bits per heavy atom. The van der Waals surface area contributed by atoms with Gasteiger partial charge in [0.05, 0.1) is 16.8 Å². The standard InChI is InChI=1S/C26H24Cl2FN3O3/c1-16(2)24(31-25(33)22-12-7-19(27)13-23(22)28)26(34)32-30-14-17-5-10-21(11-6-17)35-15-18-3-8-20(29)9-4-18/h3-14,16,24H,15H2,1-2H3,(H,31,33)(H,32,34)/b30-14-. The molecular weight excluding hydrogens is 492 g/mol. The zero-order chi connectivity index (χ0) is 25.4. The second-order valence-corrected chi connectivity index (χ2v) is 8.88. The van der Waals surface area contributed by atoms with E-state index in [2.05, 4.69) is 15.8 Å². The van der Waals surface area contributed by atoms with Crippen LogP contribution in [0.1, 0.15) is 35.3 Å². The topological polar surface area (TPSA) is 79.8 Å². The van der Waals surface area contributed by atoms with E-state index >= 15 is 0 Å². The SMILES string of the molecule is CC(C)C(NC(=O)c1ccc(Cl)cc1Cl)C(=O)N/N=C\c1ccc(OCc2ccc(F)cc2)cc1. The first-order valence-electron chi connectivity index (χ1n) is 10.8. The molecule has 0 aromatic heterocycles. The Bertz CT molecular complexity index is 1200. The number of hydrazone groups is 1. The number of nitrogens with zero attached hydrogens (tertiary/aromatic N) is 1. The zero-order valence-corrected chi connectivity index (χ0v) is 20.6.